The Morgan fingerprint density at radius 2 is 2.00 bits per heavy atom. The van der Waals surface area contributed by atoms with Gasteiger partial charge in [0, 0.05) is 18.6 Å². The van der Waals surface area contributed by atoms with Gasteiger partial charge < -0.3 is 5.11 Å². The van der Waals surface area contributed by atoms with E-state index in [0.717, 1.165) is 23.8 Å². The highest BCUT2D eigenvalue weighted by molar-refractivity contribution is 7.98. The molecular formula is C11H21N3OS. The molecular weight excluding hydrogens is 222 g/mol. The molecule has 4 nitrogen and oxygen atoms in total. The van der Waals surface area contributed by atoms with E-state index in [-0.39, 0.29) is 12.1 Å². The van der Waals surface area contributed by atoms with E-state index in [4.69, 9.17) is 5.11 Å². The van der Waals surface area contributed by atoms with Crippen molar-refractivity contribution < 1.29 is 5.11 Å². The number of hydrogen-bond donors (Lipinski definition) is 1. The predicted octanol–water partition coefficient (Wildman–Crippen LogP) is 1.47. The lowest BCUT2D eigenvalue weighted by Crippen LogP contribution is -2.26. The number of aromatic nitrogens is 3. The summed E-state index contributed by atoms with van der Waals surface area (Å²) >= 11 is 1.79. The second-order valence-corrected chi connectivity index (χ2v) is 5.73. The number of aliphatic hydroxyl groups excluding tert-OH is 1. The molecule has 1 N–H and O–H groups in total. The van der Waals surface area contributed by atoms with Gasteiger partial charge in [-0.3, -0.25) is 0 Å². The molecule has 5 heteroatoms. The Morgan fingerprint density at radius 3 is 2.50 bits per heavy atom. The van der Waals surface area contributed by atoms with Crippen molar-refractivity contribution in [2.45, 2.75) is 39.2 Å². The highest BCUT2D eigenvalue weighted by atomic mass is 32.2. The molecule has 1 aromatic heterocycles. The smallest absolute Gasteiger partial charge is 0.151 e. The lowest BCUT2D eigenvalue weighted by molar-refractivity contribution is 0.281. The van der Waals surface area contributed by atoms with Crippen molar-refractivity contribution in [2.75, 3.05) is 18.6 Å². The molecule has 1 aromatic rings. The topological polar surface area (TPSA) is 50.9 Å². The molecule has 0 fully saturated rings. The van der Waals surface area contributed by atoms with Gasteiger partial charge in [0.15, 0.2) is 5.82 Å². The van der Waals surface area contributed by atoms with Crippen LogP contribution in [0.3, 0.4) is 0 Å². The van der Waals surface area contributed by atoms with Crippen LogP contribution in [0.4, 0.5) is 0 Å². The average Bonchev–Trinajstić information content (AvgIpc) is 2.58. The molecule has 0 aliphatic carbocycles. The molecule has 0 aromatic carbocycles. The summed E-state index contributed by atoms with van der Waals surface area (Å²) in [5.41, 5.74) is -0.0743. The molecule has 1 heterocycles. The molecule has 0 aliphatic rings. The van der Waals surface area contributed by atoms with Crippen molar-refractivity contribution >= 4 is 11.8 Å². The predicted molar refractivity (Wildman–Crippen MR) is 67.9 cm³/mol. The van der Waals surface area contributed by atoms with Gasteiger partial charge in [0.25, 0.3) is 0 Å². The van der Waals surface area contributed by atoms with E-state index in [0.29, 0.717) is 6.42 Å². The summed E-state index contributed by atoms with van der Waals surface area (Å²) < 4.78 is 1.93. The molecule has 0 aliphatic heterocycles. The van der Waals surface area contributed by atoms with Crippen LogP contribution in [0.5, 0.6) is 0 Å². The first-order valence-electron chi connectivity index (χ1n) is 5.54. The lowest BCUT2D eigenvalue weighted by atomic mass is 10.1. The van der Waals surface area contributed by atoms with Gasteiger partial charge in [-0.05, 0) is 27.0 Å². The molecule has 0 radical (unpaired) electrons. The van der Waals surface area contributed by atoms with E-state index in [1.165, 1.54) is 0 Å². The van der Waals surface area contributed by atoms with Crippen molar-refractivity contribution in [3.05, 3.63) is 11.6 Å². The van der Waals surface area contributed by atoms with Crippen molar-refractivity contribution in [1.29, 1.82) is 0 Å². The molecule has 0 atom stereocenters. The van der Waals surface area contributed by atoms with Crippen LogP contribution in [-0.2, 0) is 18.4 Å². The van der Waals surface area contributed by atoms with E-state index < -0.39 is 0 Å². The SMILES string of the molecule is CSCCc1nc(CCO)n(C(C)(C)C)n1. The van der Waals surface area contributed by atoms with E-state index in [1.54, 1.807) is 11.8 Å². The van der Waals surface area contributed by atoms with Crippen molar-refractivity contribution in [3.63, 3.8) is 0 Å². The van der Waals surface area contributed by atoms with Crippen molar-refractivity contribution in [2.24, 2.45) is 0 Å². The summed E-state index contributed by atoms with van der Waals surface area (Å²) in [5, 5.41) is 13.5. The third kappa shape index (κ3) is 3.49. The highest BCUT2D eigenvalue weighted by Crippen LogP contribution is 2.16. The molecule has 0 unspecified atom stereocenters. The lowest BCUT2D eigenvalue weighted by Gasteiger charge is -2.20. The first kappa shape index (κ1) is 13.5. The minimum atomic E-state index is -0.0743. The Hall–Kier alpha value is -0.550. The van der Waals surface area contributed by atoms with Gasteiger partial charge in [-0.2, -0.15) is 16.9 Å². The van der Waals surface area contributed by atoms with Crippen molar-refractivity contribution in [3.8, 4) is 0 Å². The zero-order valence-electron chi connectivity index (χ0n) is 10.5. The quantitative estimate of drug-likeness (QED) is 0.851. The largest absolute Gasteiger partial charge is 0.396 e. The van der Waals surface area contributed by atoms with E-state index >= 15 is 0 Å². The second kappa shape index (κ2) is 5.68. The van der Waals surface area contributed by atoms with Gasteiger partial charge in [0.1, 0.15) is 5.82 Å². The number of nitrogens with zero attached hydrogens (tertiary/aromatic N) is 3. The van der Waals surface area contributed by atoms with E-state index in [2.05, 4.69) is 37.1 Å². The number of aliphatic hydroxyl groups is 1. The van der Waals surface area contributed by atoms with E-state index in [9.17, 15) is 0 Å². The molecule has 0 bridgehead atoms. The van der Waals surface area contributed by atoms with Gasteiger partial charge in [0.05, 0.1) is 12.1 Å². The number of hydrogen-bond acceptors (Lipinski definition) is 4. The Kier molecular flexibility index (Phi) is 4.80. The van der Waals surface area contributed by atoms with Crippen LogP contribution >= 0.6 is 11.8 Å². The third-order valence-electron chi connectivity index (χ3n) is 2.22. The monoisotopic (exact) mass is 243 g/mol. The molecule has 0 saturated heterocycles. The summed E-state index contributed by atoms with van der Waals surface area (Å²) in [4.78, 5) is 4.48. The molecule has 92 valence electrons. The molecule has 0 spiro atoms. The molecule has 0 amide bonds. The van der Waals surface area contributed by atoms with Crippen LogP contribution in [0, 0.1) is 0 Å². The number of thioether (sulfide) groups is 1. The fourth-order valence-corrected chi connectivity index (χ4v) is 1.88. The number of aryl methyl sites for hydroxylation is 1. The zero-order valence-corrected chi connectivity index (χ0v) is 11.3. The van der Waals surface area contributed by atoms with Gasteiger partial charge in [-0.15, -0.1) is 0 Å². The number of rotatable bonds is 5. The maximum atomic E-state index is 9.01. The van der Waals surface area contributed by atoms with Gasteiger partial charge in [-0.25, -0.2) is 9.67 Å². The summed E-state index contributed by atoms with van der Waals surface area (Å²) in [7, 11) is 0. The van der Waals surface area contributed by atoms with Crippen LogP contribution in [-0.4, -0.2) is 38.5 Å². The molecule has 1 rings (SSSR count). The summed E-state index contributed by atoms with van der Waals surface area (Å²) in [6.07, 6.45) is 3.54. The van der Waals surface area contributed by atoms with E-state index in [1.807, 2.05) is 4.68 Å². The average molecular weight is 243 g/mol. The van der Waals surface area contributed by atoms with Crippen LogP contribution in [0.1, 0.15) is 32.4 Å². The highest BCUT2D eigenvalue weighted by Gasteiger charge is 2.20. The first-order valence-corrected chi connectivity index (χ1v) is 6.93. The summed E-state index contributed by atoms with van der Waals surface area (Å²) in [6.45, 7) is 6.42. The van der Waals surface area contributed by atoms with Crippen LogP contribution in [0.2, 0.25) is 0 Å². The molecule has 16 heavy (non-hydrogen) atoms. The Labute approximate surface area is 101 Å². The maximum absolute atomic E-state index is 9.01. The van der Waals surface area contributed by atoms with Gasteiger partial charge in [-0.1, -0.05) is 0 Å². The van der Waals surface area contributed by atoms with Gasteiger partial charge >= 0.3 is 0 Å². The Bertz CT molecular complexity index is 330. The minimum Gasteiger partial charge on any atom is -0.396 e. The first-order chi connectivity index (χ1) is 7.49. The normalized spacial score (nSPS) is 12.1. The Morgan fingerprint density at radius 1 is 1.31 bits per heavy atom. The second-order valence-electron chi connectivity index (χ2n) is 4.74. The van der Waals surface area contributed by atoms with Crippen LogP contribution in [0.15, 0.2) is 0 Å². The standard InChI is InChI=1S/C11H21N3OS/c1-11(2,3)14-10(5-7-15)12-9(13-14)6-8-16-4/h15H,5-8H2,1-4H3. The third-order valence-corrected chi connectivity index (χ3v) is 2.83. The maximum Gasteiger partial charge on any atom is 0.151 e. The minimum absolute atomic E-state index is 0.0743. The fourth-order valence-electron chi connectivity index (χ4n) is 1.49. The fraction of sp³-hybridized carbons (Fsp3) is 0.818. The molecule has 0 saturated carbocycles. The van der Waals surface area contributed by atoms with Gasteiger partial charge in [0.2, 0.25) is 0 Å². The zero-order chi connectivity index (χ0) is 12.2. The van der Waals surface area contributed by atoms with Crippen LogP contribution in [0.25, 0.3) is 0 Å². The van der Waals surface area contributed by atoms with Crippen LogP contribution < -0.4 is 0 Å². The van der Waals surface area contributed by atoms with Crippen molar-refractivity contribution in [1.82, 2.24) is 14.8 Å². The Balaban J connectivity index is 2.91. The summed E-state index contributed by atoms with van der Waals surface area (Å²) in [5.74, 6) is 2.80. The summed E-state index contributed by atoms with van der Waals surface area (Å²) in [6, 6.07) is 0.